The Bertz CT molecular complexity index is 1060. The van der Waals surface area contributed by atoms with Gasteiger partial charge in [-0.25, -0.2) is 13.6 Å². The van der Waals surface area contributed by atoms with E-state index in [1.807, 2.05) is 22.6 Å². The van der Waals surface area contributed by atoms with Gasteiger partial charge in [0.25, 0.3) is 0 Å². The van der Waals surface area contributed by atoms with Crippen molar-refractivity contribution in [1.82, 2.24) is 0 Å². The number of benzene rings is 2. The molecule has 0 aliphatic rings. The predicted molar refractivity (Wildman–Crippen MR) is 95.8 cm³/mol. The largest absolute Gasteiger partial charge is 0.461 e. The summed E-state index contributed by atoms with van der Waals surface area (Å²) in [5.74, 6) is -13.7. The average molecular weight is 548 g/mol. The lowest BCUT2D eigenvalue weighted by Gasteiger charge is -2.11. The number of hydrogen-bond donors (Lipinski definition) is 1. The van der Waals surface area contributed by atoms with Gasteiger partial charge in [-0.15, -0.1) is 0 Å². The van der Waals surface area contributed by atoms with Crippen molar-refractivity contribution < 1.29 is 49.6 Å². The highest BCUT2D eigenvalue weighted by Gasteiger charge is 2.34. The van der Waals surface area contributed by atoms with Crippen molar-refractivity contribution >= 4 is 44.6 Å². The SMILES string of the molecule is O=C(CCOC(=O)c1cccc(I)c1)Oc1c(F)c(F)c(S(=O)(=O)O)c(F)c1F. The maximum atomic E-state index is 13.8. The van der Waals surface area contributed by atoms with E-state index in [2.05, 4.69) is 4.74 Å². The molecule has 0 saturated carbocycles. The summed E-state index contributed by atoms with van der Waals surface area (Å²) in [6.45, 7) is -0.583. The molecule has 0 bridgehead atoms. The summed E-state index contributed by atoms with van der Waals surface area (Å²) < 4.78 is 94.9. The van der Waals surface area contributed by atoms with E-state index in [0.29, 0.717) is 0 Å². The van der Waals surface area contributed by atoms with Crippen LogP contribution in [0.4, 0.5) is 17.6 Å². The molecule has 0 atom stereocenters. The van der Waals surface area contributed by atoms with Gasteiger partial charge >= 0.3 is 22.1 Å². The summed E-state index contributed by atoms with van der Waals surface area (Å²) in [6.07, 6.45) is -0.738. The summed E-state index contributed by atoms with van der Waals surface area (Å²) in [7, 11) is -5.64. The summed E-state index contributed by atoms with van der Waals surface area (Å²) in [5, 5.41) is 0. The van der Waals surface area contributed by atoms with Gasteiger partial charge in [0.05, 0.1) is 12.0 Å². The van der Waals surface area contributed by atoms with Crippen LogP contribution in [0.15, 0.2) is 29.2 Å². The fourth-order valence-corrected chi connectivity index (χ4v) is 3.17. The Balaban J connectivity index is 2.09. The fraction of sp³-hybridized carbons (Fsp3) is 0.125. The molecule has 0 unspecified atom stereocenters. The van der Waals surface area contributed by atoms with Gasteiger partial charge in [0.15, 0.2) is 16.5 Å². The van der Waals surface area contributed by atoms with E-state index in [9.17, 15) is 35.6 Å². The molecule has 0 radical (unpaired) electrons. The maximum absolute atomic E-state index is 13.8. The van der Waals surface area contributed by atoms with Gasteiger partial charge in [-0.1, -0.05) is 6.07 Å². The van der Waals surface area contributed by atoms with Gasteiger partial charge < -0.3 is 9.47 Å². The summed E-state index contributed by atoms with van der Waals surface area (Å²) in [4.78, 5) is 21.2. The summed E-state index contributed by atoms with van der Waals surface area (Å²) in [6, 6.07) is 6.23. The van der Waals surface area contributed by atoms with Gasteiger partial charge in [-0.2, -0.15) is 17.2 Å². The molecule has 0 spiro atoms. The second-order valence-corrected chi connectivity index (χ2v) is 7.86. The zero-order valence-corrected chi connectivity index (χ0v) is 16.9. The predicted octanol–water partition coefficient (Wildman–Crippen LogP) is 3.25. The van der Waals surface area contributed by atoms with Crippen LogP contribution in [-0.4, -0.2) is 31.5 Å². The number of carbonyl (C=O) groups excluding carboxylic acids is 2. The van der Waals surface area contributed by atoms with Crippen LogP contribution in [0.25, 0.3) is 0 Å². The molecule has 13 heteroatoms. The van der Waals surface area contributed by atoms with Crippen molar-refractivity contribution in [2.45, 2.75) is 11.3 Å². The van der Waals surface area contributed by atoms with Crippen LogP contribution in [0.2, 0.25) is 0 Å². The molecule has 29 heavy (non-hydrogen) atoms. The van der Waals surface area contributed by atoms with E-state index >= 15 is 0 Å². The topological polar surface area (TPSA) is 107 Å². The Kier molecular flexibility index (Phi) is 7.18. The first-order chi connectivity index (χ1) is 13.4. The minimum atomic E-state index is -5.64. The van der Waals surface area contributed by atoms with Crippen LogP contribution in [0.3, 0.4) is 0 Å². The number of hydrogen-bond acceptors (Lipinski definition) is 6. The van der Waals surface area contributed by atoms with Gasteiger partial charge in [0.1, 0.15) is 6.61 Å². The Morgan fingerprint density at radius 3 is 2.14 bits per heavy atom. The third-order valence-corrected chi connectivity index (χ3v) is 4.80. The number of carbonyl (C=O) groups is 2. The van der Waals surface area contributed by atoms with Crippen LogP contribution < -0.4 is 4.74 Å². The number of halogens is 5. The molecule has 0 amide bonds. The Morgan fingerprint density at radius 1 is 1.03 bits per heavy atom. The van der Waals surface area contributed by atoms with E-state index in [1.165, 1.54) is 12.1 Å². The Labute approximate surface area is 174 Å². The van der Waals surface area contributed by atoms with Crippen LogP contribution in [-0.2, 0) is 19.6 Å². The molecular weight excluding hydrogens is 539 g/mol. The van der Waals surface area contributed by atoms with Crippen LogP contribution in [0, 0.1) is 26.8 Å². The standard InChI is InChI=1S/C16H9F4IO7S/c17-10-12(19)15(29(24,25)26)13(20)11(18)14(10)28-9(22)4-5-27-16(23)7-2-1-3-8(21)6-7/h1-3,6H,4-5H2,(H,24,25,26). The lowest BCUT2D eigenvalue weighted by molar-refractivity contribution is -0.135. The third-order valence-electron chi connectivity index (χ3n) is 3.26. The Morgan fingerprint density at radius 2 is 1.62 bits per heavy atom. The highest BCUT2D eigenvalue weighted by Crippen LogP contribution is 2.32. The molecule has 2 aromatic rings. The van der Waals surface area contributed by atoms with Crippen molar-refractivity contribution in [2.24, 2.45) is 0 Å². The third kappa shape index (κ3) is 5.42. The first kappa shape index (κ1) is 23.0. The van der Waals surface area contributed by atoms with Crippen LogP contribution >= 0.6 is 22.6 Å². The molecule has 0 fully saturated rings. The molecule has 2 aromatic carbocycles. The zero-order chi connectivity index (χ0) is 21.9. The second kappa shape index (κ2) is 9.04. The van der Waals surface area contributed by atoms with Gasteiger partial charge in [-0.3, -0.25) is 9.35 Å². The molecule has 156 valence electrons. The van der Waals surface area contributed by atoms with E-state index in [1.54, 1.807) is 12.1 Å². The molecule has 7 nitrogen and oxygen atoms in total. The monoisotopic (exact) mass is 548 g/mol. The van der Waals surface area contributed by atoms with Crippen molar-refractivity contribution in [3.8, 4) is 5.75 Å². The lowest BCUT2D eigenvalue weighted by Crippen LogP contribution is -2.17. The smallest absolute Gasteiger partial charge is 0.338 e. The average Bonchev–Trinajstić information content (AvgIpc) is 2.62. The lowest BCUT2D eigenvalue weighted by atomic mass is 10.2. The summed E-state index contributed by atoms with van der Waals surface area (Å²) in [5.41, 5.74) is 0.173. The number of ether oxygens (including phenoxy) is 2. The minimum Gasteiger partial charge on any atom is -0.461 e. The van der Waals surface area contributed by atoms with Gasteiger partial charge in [-0.05, 0) is 40.8 Å². The zero-order valence-electron chi connectivity index (χ0n) is 13.9. The van der Waals surface area contributed by atoms with Crippen molar-refractivity contribution in [2.75, 3.05) is 6.61 Å². The molecule has 1 N–H and O–H groups in total. The van der Waals surface area contributed by atoms with Gasteiger partial charge in [0, 0.05) is 3.57 Å². The molecule has 2 rings (SSSR count). The van der Waals surface area contributed by atoms with E-state index in [0.717, 1.165) is 3.57 Å². The summed E-state index contributed by atoms with van der Waals surface area (Å²) >= 11 is 1.95. The first-order valence-corrected chi connectivity index (χ1v) is 9.92. The Hall–Kier alpha value is -2.26. The van der Waals surface area contributed by atoms with Crippen molar-refractivity contribution in [1.29, 1.82) is 0 Å². The van der Waals surface area contributed by atoms with E-state index in [4.69, 9.17) is 9.29 Å². The first-order valence-electron chi connectivity index (χ1n) is 7.40. The molecule has 0 aromatic heterocycles. The molecule has 0 aliphatic heterocycles. The van der Waals surface area contributed by atoms with E-state index < -0.39 is 69.0 Å². The molecular formula is C16H9F4IO7S. The highest BCUT2D eigenvalue weighted by atomic mass is 127. The van der Waals surface area contributed by atoms with Crippen molar-refractivity contribution in [3.63, 3.8) is 0 Å². The number of rotatable bonds is 6. The fourth-order valence-electron chi connectivity index (χ4n) is 2.00. The molecule has 0 heterocycles. The molecule has 0 saturated heterocycles. The van der Waals surface area contributed by atoms with E-state index in [-0.39, 0.29) is 5.56 Å². The maximum Gasteiger partial charge on any atom is 0.338 e. The molecule has 0 aliphatic carbocycles. The minimum absolute atomic E-state index is 0.173. The normalized spacial score (nSPS) is 11.2. The van der Waals surface area contributed by atoms with Crippen LogP contribution in [0.5, 0.6) is 5.75 Å². The van der Waals surface area contributed by atoms with Crippen molar-refractivity contribution in [3.05, 3.63) is 56.7 Å². The highest BCUT2D eigenvalue weighted by molar-refractivity contribution is 14.1. The van der Waals surface area contributed by atoms with Gasteiger partial charge in [0.2, 0.25) is 17.4 Å². The van der Waals surface area contributed by atoms with Crippen LogP contribution in [0.1, 0.15) is 16.8 Å². The quantitative estimate of drug-likeness (QED) is 0.148. The number of esters is 2. The second-order valence-electron chi connectivity index (χ2n) is 5.26.